The Morgan fingerprint density at radius 1 is 1.05 bits per heavy atom. The molecule has 2 N–H and O–H groups in total. The van der Waals surface area contributed by atoms with Crippen molar-refractivity contribution in [3.05, 3.63) is 81.2 Å². The number of carbonyl (C=O) groups excluding carboxylic acids is 2. The van der Waals surface area contributed by atoms with E-state index >= 15 is 0 Å². The molecule has 198 valence electrons. The maximum atomic E-state index is 13.4. The minimum atomic E-state index is -3.66. The zero-order valence-corrected chi connectivity index (χ0v) is 22.8. The average molecular weight is 534 g/mol. The zero-order valence-electron chi connectivity index (χ0n) is 22.0. The highest BCUT2D eigenvalue weighted by atomic mass is 32.2. The quantitative estimate of drug-likeness (QED) is 0.478. The number of anilines is 1. The van der Waals surface area contributed by atoms with Crippen LogP contribution in [0.2, 0.25) is 0 Å². The second-order valence-electron chi connectivity index (χ2n) is 9.92. The fraction of sp³-hybridized carbons (Fsp3) is 0.310. The zero-order chi connectivity index (χ0) is 27.2. The summed E-state index contributed by atoms with van der Waals surface area (Å²) in [6.07, 6.45) is 1.70. The van der Waals surface area contributed by atoms with Crippen molar-refractivity contribution < 1.29 is 22.7 Å². The van der Waals surface area contributed by atoms with Crippen molar-refractivity contribution in [3.63, 3.8) is 0 Å². The number of ether oxygens (including phenoxy) is 1. The molecular formula is C29H31N3O5S. The number of nitrogens with zero attached hydrogens (tertiary/aromatic N) is 1. The molecule has 0 aliphatic carbocycles. The second-order valence-corrected chi connectivity index (χ2v) is 11.9. The Hall–Kier alpha value is -3.69. The van der Waals surface area contributed by atoms with Crippen LogP contribution in [0.5, 0.6) is 0 Å². The van der Waals surface area contributed by atoms with Gasteiger partial charge in [-0.25, -0.2) is 8.42 Å². The molecule has 3 aromatic rings. The fourth-order valence-electron chi connectivity index (χ4n) is 5.16. The van der Waals surface area contributed by atoms with E-state index in [1.54, 1.807) is 23.1 Å². The molecule has 5 rings (SSSR count). The maximum Gasteiger partial charge on any atom is 0.256 e. The molecule has 8 nitrogen and oxygen atoms in total. The summed E-state index contributed by atoms with van der Waals surface area (Å²) >= 11 is 0. The minimum absolute atomic E-state index is 0.0691. The number of benzene rings is 2. The van der Waals surface area contributed by atoms with E-state index in [-0.39, 0.29) is 22.5 Å². The Bertz CT molecular complexity index is 1570. The normalized spacial score (nSPS) is 16.6. The first-order valence-corrected chi connectivity index (χ1v) is 14.2. The van der Waals surface area contributed by atoms with Gasteiger partial charge in [0.1, 0.15) is 0 Å². The maximum absolute atomic E-state index is 13.4. The molecule has 0 saturated carbocycles. The van der Waals surface area contributed by atoms with Gasteiger partial charge in [-0.05, 0) is 74.2 Å². The van der Waals surface area contributed by atoms with E-state index in [4.69, 9.17) is 4.74 Å². The van der Waals surface area contributed by atoms with Crippen molar-refractivity contribution in [1.29, 1.82) is 0 Å². The summed E-state index contributed by atoms with van der Waals surface area (Å²) in [5.74, 6) is -0.510. The minimum Gasteiger partial charge on any atom is -0.378 e. The number of aryl methyl sites for hydroxylation is 3. The molecule has 0 bridgehead atoms. The van der Waals surface area contributed by atoms with Gasteiger partial charge in [0.25, 0.3) is 11.8 Å². The number of amides is 2. The van der Waals surface area contributed by atoms with Crippen molar-refractivity contribution in [3.8, 4) is 0 Å². The van der Waals surface area contributed by atoms with Gasteiger partial charge in [0.05, 0.1) is 35.0 Å². The van der Waals surface area contributed by atoms with Crippen molar-refractivity contribution in [2.45, 2.75) is 38.3 Å². The summed E-state index contributed by atoms with van der Waals surface area (Å²) in [7, 11) is -3.66. The van der Waals surface area contributed by atoms with E-state index in [2.05, 4.69) is 10.3 Å². The summed E-state index contributed by atoms with van der Waals surface area (Å²) in [6.45, 7) is 9.59. The summed E-state index contributed by atoms with van der Waals surface area (Å²) in [5.41, 5.74) is 6.73. The lowest BCUT2D eigenvalue weighted by atomic mass is 10.0. The molecule has 9 heteroatoms. The number of fused-ring (bicyclic) bond motifs is 1. The monoisotopic (exact) mass is 533 g/mol. The lowest BCUT2D eigenvalue weighted by molar-refractivity contribution is -0.110. The van der Waals surface area contributed by atoms with Gasteiger partial charge in [-0.2, -0.15) is 0 Å². The van der Waals surface area contributed by atoms with Gasteiger partial charge in [-0.1, -0.05) is 18.2 Å². The molecule has 1 saturated heterocycles. The number of hydrogen-bond acceptors (Lipinski definition) is 5. The fourth-order valence-corrected chi connectivity index (χ4v) is 6.74. The molecule has 3 heterocycles. The van der Waals surface area contributed by atoms with Gasteiger partial charge < -0.3 is 19.9 Å². The van der Waals surface area contributed by atoms with Crippen molar-refractivity contribution in [1.82, 2.24) is 9.88 Å². The number of aromatic amines is 1. The Morgan fingerprint density at radius 2 is 1.74 bits per heavy atom. The first-order valence-electron chi connectivity index (χ1n) is 12.6. The lowest BCUT2D eigenvalue weighted by Crippen LogP contribution is -2.41. The van der Waals surface area contributed by atoms with Crippen LogP contribution in [0.15, 0.2) is 41.3 Å². The smallest absolute Gasteiger partial charge is 0.256 e. The Balaban J connectivity index is 1.50. The second kappa shape index (κ2) is 9.89. The van der Waals surface area contributed by atoms with Crippen LogP contribution in [0.25, 0.3) is 11.6 Å². The van der Waals surface area contributed by atoms with Gasteiger partial charge in [0, 0.05) is 35.7 Å². The molecule has 38 heavy (non-hydrogen) atoms. The molecule has 0 radical (unpaired) electrons. The highest BCUT2D eigenvalue weighted by Gasteiger charge is 2.29. The van der Waals surface area contributed by atoms with E-state index in [9.17, 15) is 18.0 Å². The number of rotatable bonds is 5. The van der Waals surface area contributed by atoms with Crippen LogP contribution < -0.4 is 5.32 Å². The van der Waals surface area contributed by atoms with Gasteiger partial charge in [0.2, 0.25) is 0 Å². The number of morpholine rings is 1. The largest absolute Gasteiger partial charge is 0.378 e. The van der Waals surface area contributed by atoms with E-state index in [1.165, 1.54) is 6.07 Å². The third kappa shape index (κ3) is 4.68. The predicted octanol–water partition coefficient (Wildman–Crippen LogP) is 4.19. The highest BCUT2D eigenvalue weighted by Crippen LogP contribution is 2.36. The van der Waals surface area contributed by atoms with Gasteiger partial charge >= 0.3 is 0 Å². The number of nitrogens with one attached hydrogen (secondary N) is 2. The topological polar surface area (TPSA) is 109 Å². The molecule has 0 atom stereocenters. The highest BCUT2D eigenvalue weighted by molar-refractivity contribution is 7.90. The van der Waals surface area contributed by atoms with E-state index in [0.29, 0.717) is 54.4 Å². The molecular weight excluding hydrogens is 502 g/mol. The standard InChI is InChI=1S/C29H31N3O5S/c1-17-6-5-7-18(2)24(17)16-38(35,36)21-8-9-25-22(14-21)23(28(33)31-25)15-26-19(3)27(20(4)30-26)29(34)32-10-12-37-13-11-32/h5-9,14-15,30H,10-13,16H2,1-4H3,(H,31,33)/b23-15-. The number of hydrogen-bond donors (Lipinski definition) is 2. The van der Waals surface area contributed by atoms with Gasteiger partial charge in [-0.15, -0.1) is 0 Å². The van der Waals surface area contributed by atoms with Gasteiger partial charge in [0.15, 0.2) is 9.84 Å². The predicted molar refractivity (Wildman–Crippen MR) is 147 cm³/mol. The van der Waals surface area contributed by atoms with Crippen LogP contribution in [0.4, 0.5) is 5.69 Å². The lowest BCUT2D eigenvalue weighted by Gasteiger charge is -2.27. The van der Waals surface area contributed by atoms with Crippen molar-refractivity contribution >= 4 is 39.0 Å². The number of carbonyl (C=O) groups is 2. The number of sulfone groups is 1. The average Bonchev–Trinajstić information content (AvgIpc) is 3.35. The third-order valence-electron chi connectivity index (χ3n) is 7.39. The van der Waals surface area contributed by atoms with Crippen LogP contribution in [-0.2, 0) is 25.1 Å². The van der Waals surface area contributed by atoms with Crippen LogP contribution in [0, 0.1) is 27.7 Å². The van der Waals surface area contributed by atoms with Gasteiger partial charge in [-0.3, -0.25) is 9.59 Å². The van der Waals surface area contributed by atoms with E-state index in [0.717, 1.165) is 27.9 Å². The van der Waals surface area contributed by atoms with Crippen LogP contribution in [-0.4, -0.2) is 56.4 Å². The first-order chi connectivity index (χ1) is 18.1. The van der Waals surface area contributed by atoms with E-state index < -0.39 is 9.84 Å². The van der Waals surface area contributed by atoms with Crippen LogP contribution in [0.1, 0.15) is 49.6 Å². The molecule has 0 unspecified atom stereocenters. The molecule has 2 aromatic carbocycles. The molecule has 2 amide bonds. The summed E-state index contributed by atoms with van der Waals surface area (Å²) in [6, 6.07) is 10.5. The molecule has 1 aromatic heterocycles. The van der Waals surface area contributed by atoms with Crippen molar-refractivity contribution in [2.24, 2.45) is 0 Å². The Kier molecular flexibility index (Phi) is 6.75. The molecule has 2 aliphatic rings. The SMILES string of the molecule is Cc1cccc(C)c1CS(=O)(=O)c1ccc2c(c1)/C(=C/c1[nH]c(C)c(C(=O)N3CCOCC3)c1C)C(=O)N2. The molecule has 0 spiro atoms. The molecule has 2 aliphatic heterocycles. The molecule has 1 fully saturated rings. The van der Waals surface area contributed by atoms with E-state index in [1.807, 2.05) is 45.9 Å². The third-order valence-corrected chi connectivity index (χ3v) is 9.03. The summed E-state index contributed by atoms with van der Waals surface area (Å²) in [5, 5.41) is 2.82. The Labute approximate surface area is 222 Å². The Morgan fingerprint density at radius 3 is 2.42 bits per heavy atom. The number of H-pyrrole nitrogens is 1. The van der Waals surface area contributed by atoms with Crippen LogP contribution in [0.3, 0.4) is 0 Å². The number of aromatic nitrogens is 1. The summed E-state index contributed by atoms with van der Waals surface area (Å²) in [4.78, 5) is 31.3. The first kappa shape index (κ1) is 25.9. The summed E-state index contributed by atoms with van der Waals surface area (Å²) < 4.78 is 32.2. The van der Waals surface area contributed by atoms with Crippen molar-refractivity contribution in [2.75, 3.05) is 31.6 Å². The van der Waals surface area contributed by atoms with Crippen LogP contribution >= 0.6 is 0 Å².